The van der Waals surface area contributed by atoms with Crippen LogP contribution in [-0.4, -0.2) is 25.8 Å². The average molecular weight is 539 g/mol. The lowest BCUT2D eigenvalue weighted by molar-refractivity contribution is 0.585. The summed E-state index contributed by atoms with van der Waals surface area (Å²) in [6.07, 6.45) is 10.8. The maximum Gasteiger partial charge on any atom is 0.212 e. The predicted molar refractivity (Wildman–Crippen MR) is 175 cm³/mol. The fourth-order valence-electron chi connectivity index (χ4n) is 5.84. The second-order valence-corrected chi connectivity index (χ2v) is 13.1. The minimum Gasteiger partial charge on any atom is -0.327 e. The van der Waals surface area contributed by atoms with E-state index in [2.05, 4.69) is 157 Å². The highest BCUT2D eigenvalue weighted by Crippen LogP contribution is 2.38. The molecule has 1 saturated carbocycles. The molecule has 2 nitrogen and oxygen atoms in total. The molecule has 1 aromatic heterocycles. The predicted octanol–water partition coefficient (Wildman–Crippen LogP) is 6.50. The zero-order chi connectivity index (χ0) is 27.6. The van der Waals surface area contributed by atoms with E-state index in [9.17, 15) is 0 Å². The van der Waals surface area contributed by atoms with Crippen molar-refractivity contribution in [3.63, 3.8) is 0 Å². The lowest BCUT2D eigenvalue weighted by Gasteiger charge is -2.37. The van der Waals surface area contributed by atoms with Crippen LogP contribution in [0.15, 0.2) is 153 Å². The fraction of sp³-hybridized carbons (Fsp3) is 0.194. The first-order chi connectivity index (χ1) is 19.7. The summed E-state index contributed by atoms with van der Waals surface area (Å²) in [5.74, 6) is 1.40. The Kier molecular flexibility index (Phi) is 9.31. The minimum atomic E-state index is -0.554. The second-order valence-electron chi connectivity index (χ2n) is 11.0. The first-order valence-electron chi connectivity index (χ1n) is 14.5. The molecule has 1 atom stereocenters. The highest BCUT2D eigenvalue weighted by Gasteiger charge is 2.37. The van der Waals surface area contributed by atoms with E-state index in [0.717, 1.165) is 5.82 Å². The molecule has 6 rings (SSSR count). The normalized spacial score (nSPS) is 13.8. The van der Waals surface area contributed by atoms with E-state index in [1.54, 1.807) is 0 Å². The zero-order valence-corrected chi connectivity index (χ0v) is 24.9. The van der Waals surface area contributed by atoms with Crippen LogP contribution < -0.4 is 10.9 Å². The molecular weight excluding hydrogens is 499 g/mol. The van der Waals surface area contributed by atoms with Crippen LogP contribution in [0.3, 0.4) is 0 Å². The number of imidazole rings is 1. The molecule has 0 aliphatic heterocycles. The Balaban J connectivity index is 0.000000174. The molecule has 1 aliphatic carbocycles. The number of rotatable bonds is 10. The van der Waals surface area contributed by atoms with Gasteiger partial charge in [-0.3, -0.25) is 0 Å². The van der Waals surface area contributed by atoms with Gasteiger partial charge in [0, 0.05) is 12.4 Å². The van der Waals surface area contributed by atoms with Crippen LogP contribution in [0.25, 0.3) is 0 Å². The lowest BCUT2D eigenvalue weighted by Crippen LogP contribution is -2.42. The van der Waals surface area contributed by atoms with Gasteiger partial charge in [-0.15, -0.1) is 6.58 Å². The molecule has 0 bridgehead atoms. The lowest BCUT2D eigenvalue weighted by atomic mass is 9.37. The Bertz CT molecular complexity index is 1340. The summed E-state index contributed by atoms with van der Waals surface area (Å²) in [5, 5.41) is -0.115. The molecule has 0 spiro atoms. The van der Waals surface area contributed by atoms with E-state index in [1.807, 2.05) is 12.5 Å². The standard InChI is InChI=1S/C21H24N2Si.C15H15B/c1-3-18(2)16-24-21(23-15-14-22-17-23,19-10-6-4-7-11-19)20-12-8-5-9-13-20;1-3-7-13(8-4-1)16(15-11-12-15)14-9-5-2-6-10-14/h3-15,17-18H,1,16,24H2,2H3;1-10,15H,11-12H2. The van der Waals surface area contributed by atoms with Crippen molar-refractivity contribution < 1.29 is 0 Å². The smallest absolute Gasteiger partial charge is 0.212 e. The van der Waals surface area contributed by atoms with E-state index < -0.39 is 9.52 Å². The van der Waals surface area contributed by atoms with Gasteiger partial charge in [-0.2, -0.15) is 0 Å². The third kappa shape index (κ3) is 6.46. The van der Waals surface area contributed by atoms with E-state index in [0.29, 0.717) is 12.6 Å². The number of hydrogen-bond donors (Lipinski definition) is 0. The van der Waals surface area contributed by atoms with E-state index >= 15 is 0 Å². The first kappa shape index (κ1) is 27.7. The maximum absolute atomic E-state index is 4.35. The van der Waals surface area contributed by atoms with Crippen molar-refractivity contribution in [2.24, 2.45) is 5.92 Å². The molecular formula is C36H39BN2Si. The molecule has 1 fully saturated rings. The van der Waals surface area contributed by atoms with Gasteiger partial charge in [0.15, 0.2) is 0 Å². The quantitative estimate of drug-likeness (QED) is 0.147. The highest BCUT2D eigenvalue weighted by molar-refractivity contribution is 6.86. The van der Waals surface area contributed by atoms with Crippen molar-refractivity contribution in [2.45, 2.75) is 36.8 Å². The molecule has 0 amide bonds. The van der Waals surface area contributed by atoms with Crippen molar-refractivity contribution in [1.29, 1.82) is 0 Å². The van der Waals surface area contributed by atoms with Gasteiger partial charge in [-0.1, -0.05) is 170 Å². The Labute approximate surface area is 242 Å². The van der Waals surface area contributed by atoms with E-state index in [-0.39, 0.29) is 5.16 Å². The zero-order valence-electron chi connectivity index (χ0n) is 23.5. The molecule has 40 heavy (non-hydrogen) atoms. The number of aromatic nitrogens is 2. The molecule has 1 unspecified atom stereocenters. The van der Waals surface area contributed by atoms with Gasteiger partial charge in [0.1, 0.15) is 0 Å². The van der Waals surface area contributed by atoms with Crippen LogP contribution in [-0.2, 0) is 5.16 Å². The van der Waals surface area contributed by atoms with Crippen molar-refractivity contribution in [2.75, 3.05) is 0 Å². The van der Waals surface area contributed by atoms with Crippen molar-refractivity contribution in [3.8, 4) is 0 Å². The van der Waals surface area contributed by atoms with Gasteiger partial charge in [-0.05, 0) is 17.0 Å². The van der Waals surface area contributed by atoms with Gasteiger partial charge in [0.2, 0.25) is 6.71 Å². The Hall–Kier alpha value is -3.89. The summed E-state index contributed by atoms with van der Waals surface area (Å²) >= 11 is 0. The van der Waals surface area contributed by atoms with Crippen LogP contribution in [0.1, 0.15) is 30.9 Å². The summed E-state index contributed by atoms with van der Waals surface area (Å²) in [6, 6.07) is 44.7. The molecule has 0 radical (unpaired) electrons. The first-order valence-corrected chi connectivity index (χ1v) is 16.2. The van der Waals surface area contributed by atoms with Crippen molar-refractivity contribution in [1.82, 2.24) is 9.55 Å². The molecule has 0 saturated heterocycles. The SMILES string of the molecule is C=CC(C)C[SiH2]C(c1ccccc1)(c1ccccc1)n1ccnc1.c1ccc(B(c2ccccc2)C2CC2)cc1. The van der Waals surface area contributed by atoms with Gasteiger partial charge < -0.3 is 4.57 Å². The molecule has 4 heteroatoms. The number of nitrogens with zero attached hydrogens (tertiary/aromatic N) is 2. The third-order valence-electron chi connectivity index (χ3n) is 8.22. The molecule has 1 heterocycles. The van der Waals surface area contributed by atoms with Crippen molar-refractivity contribution in [3.05, 3.63) is 164 Å². The largest absolute Gasteiger partial charge is 0.327 e. The van der Waals surface area contributed by atoms with Crippen LogP contribution >= 0.6 is 0 Å². The maximum atomic E-state index is 4.35. The molecule has 4 aromatic carbocycles. The fourth-order valence-corrected chi connectivity index (χ4v) is 8.44. The van der Waals surface area contributed by atoms with Crippen molar-refractivity contribution >= 4 is 27.2 Å². The Morgan fingerprint density at radius 1 is 0.825 bits per heavy atom. The van der Waals surface area contributed by atoms with E-state index in [1.165, 1.54) is 40.9 Å². The summed E-state index contributed by atoms with van der Waals surface area (Å²) in [6.45, 7) is 6.84. The van der Waals surface area contributed by atoms with Gasteiger partial charge in [0.05, 0.1) is 21.0 Å². The number of benzene rings is 4. The Morgan fingerprint density at radius 3 is 1.70 bits per heavy atom. The molecule has 5 aromatic rings. The summed E-state index contributed by atoms with van der Waals surface area (Å²) < 4.78 is 2.31. The van der Waals surface area contributed by atoms with Crippen LogP contribution in [0.2, 0.25) is 11.9 Å². The molecule has 1 aliphatic rings. The average Bonchev–Trinajstić information content (AvgIpc) is 3.71. The Morgan fingerprint density at radius 2 is 1.30 bits per heavy atom. The van der Waals surface area contributed by atoms with Crippen LogP contribution in [0.4, 0.5) is 0 Å². The highest BCUT2D eigenvalue weighted by atomic mass is 28.2. The minimum absolute atomic E-state index is 0.115. The summed E-state index contributed by atoms with van der Waals surface area (Å²) in [4.78, 5) is 4.35. The summed E-state index contributed by atoms with van der Waals surface area (Å²) in [7, 11) is -0.554. The molecule has 200 valence electrons. The second kappa shape index (κ2) is 13.5. The van der Waals surface area contributed by atoms with Gasteiger partial charge in [0.25, 0.3) is 0 Å². The molecule has 0 N–H and O–H groups in total. The van der Waals surface area contributed by atoms with Crippen LogP contribution in [0, 0.1) is 5.92 Å². The van der Waals surface area contributed by atoms with Gasteiger partial charge >= 0.3 is 0 Å². The number of allylic oxidation sites excluding steroid dienone is 1. The van der Waals surface area contributed by atoms with E-state index in [4.69, 9.17) is 0 Å². The number of hydrogen-bond acceptors (Lipinski definition) is 1. The van der Waals surface area contributed by atoms with Gasteiger partial charge in [-0.25, -0.2) is 4.98 Å². The van der Waals surface area contributed by atoms with Crippen LogP contribution in [0.5, 0.6) is 0 Å². The topological polar surface area (TPSA) is 17.8 Å². The summed E-state index contributed by atoms with van der Waals surface area (Å²) in [5.41, 5.74) is 5.63. The third-order valence-corrected chi connectivity index (χ3v) is 11.3. The monoisotopic (exact) mass is 538 g/mol.